The number of amides is 1. The summed E-state index contributed by atoms with van der Waals surface area (Å²) in [5.41, 5.74) is 0.753. The Morgan fingerprint density at radius 3 is 2.70 bits per heavy atom. The minimum Gasteiger partial charge on any atom is -0.380 e. The van der Waals surface area contributed by atoms with E-state index in [0.29, 0.717) is 38.5 Å². The van der Waals surface area contributed by atoms with Crippen molar-refractivity contribution in [2.24, 2.45) is 10.1 Å². The van der Waals surface area contributed by atoms with Gasteiger partial charge in [0.05, 0.1) is 30.9 Å². The largest absolute Gasteiger partial charge is 0.380 e. The van der Waals surface area contributed by atoms with Crippen LogP contribution in [-0.2, 0) is 21.3 Å². The molecule has 11 heteroatoms. The van der Waals surface area contributed by atoms with Crippen molar-refractivity contribution in [1.29, 1.82) is 0 Å². The smallest absolute Gasteiger partial charge is 0.289 e. The number of aromatic nitrogens is 1. The van der Waals surface area contributed by atoms with Gasteiger partial charge in [-0.05, 0) is 37.3 Å². The predicted molar refractivity (Wildman–Crippen MR) is 107 cm³/mol. The molecule has 144 valence electrons. The summed E-state index contributed by atoms with van der Waals surface area (Å²) in [5.74, 6) is -0.407. The lowest BCUT2D eigenvalue weighted by Crippen LogP contribution is -2.19. The van der Waals surface area contributed by atoms with E-state index >= 15 is 0 Å². The van der Waals surface area contributed by atoms with E-state index in [9.17, 15) is 13.2 Å². The first-order valence-corrected chi connectivity index (χ1v) is 11.4. The third-order valence-electron chi connectivity index (χ3n) is 3.63. The molecule has 0 spiro atoms. The van der Waals surface area contributed by atoms with E-state index in [4.69, 9.17) is 21.5 Å². The second-order valence-corrected chi connectivity index (χ2v) is 9.71. The molecule has 27 heavy (non-hydrogen) atoms. The molecule has 0 unspecified atom stereocenters. The maximum absolute atomic E-state index is 12.4. The maximum Gasteiger partial charge on any atom is 0.289 e. The van der Waals surface area contributed by atoms with Gasteiger partial charge in [-0.1, -0.05) is 22.9 Å². The molecule has 0 aliphatic carbocycles. The van der Waals surface area contributed by atoms with Gasteiger partial charge in [0.1, 0.15) is 0 Å². The van der Waals surface area contributed by atoms with Gasteiger partial charge in [0.2, 0.25) is 10.0 Å². The number of rotatable bonds is 6. The fourth-order valence-electron chi connectivity index (χ4n) is 2.40. The summed E-state index contributed by atoms with van der Waals surface area (Å²) < 4.78 is 31.6. The van der Waals surface area contributed by atoms with Crippen LogP contribution in [0.1, 0.15) is 16.6 Å². The molecule has 0 fully saturated rings. The molecule has 0 radical (unpaired) electrons. The highest BCUT2D eigenvalue weighted by Crippen LogP contribution is 2.23. The van der Waals surface area contributed by atoms with Crippen LogP contribution in [0, 0.1) is 0 Å². The van der Waals surface area contributed by atoms with Gasteiger partial charge in [-0.15, -0.1) is 11.3 Å². The monoisotopic (exact) mass is 445 g/mol. The molecule has 3 aromatic rings. The van der Waals surface area contributed by atoms with E-state index < -0.39 is 15.9 Å². The molecular formula is C16H16ClN3O4S3. The van der Waals surface area contributed by atoms with E-state index in [-0.39, 0.29) is 4.90 Å². The first kappa shape index (κ1) is 20.2. The van der Waals surface area contributed by atoms with Gasteiger partial charge in [0, 0.05) is 13.2 Å². The van der Waals surface area contributed by atoms with Crippen LogP contribution < -0.4 is 9.94 Å². The number of hydrogen-bond donors (Lipinski definition) is 1. The molecule has 0 saturated carbocycles. The second-order valence-electron chi connectivity index (χ2n) is 5.43. The van der Waals surface area contributed by atoms with Crippen molar-refractivity contribution in [3.8, 4) is 0 Å². The van der Waals surface area contributed by atoms with Crippen molar-refractivity contribution in [3.63, 3.8) is 0 Å². The van der Waals surface area contributed by atoms with Crippen LogP contribution in [-0.4, -0.2) is 32.1 Å². The van der Waals surface area contributed by atoms with E-state index in [1.165, 1.54) is 23.5 Å². The summed E-state index contributed by atoms with van der Waals surface area (Å²) in [6.07, 6.45) is 0. The number of hydrogen-bond acceptors (Lipinski definition) is 6. The second kappa shape index (κ2) is 8.21. The number of nitrogens with two attached hydrogens (primary N) is 1. The number of carbonyl (C=O) groups is 1. The Labute approximate surface area is 168 Å². The highest BCUT2D eigenvalue weighted by atomic mass is 35.5. The number of ether oxygens (including phenoxy) is 1. The zero-order chi connectivity index (χ0) is 19.6. The average Bonchev–Trinajstić information content (AvgIpc) is 3.18. The molecule has 2 aromatic heterocycles. The third-order valence-corrected chi connectivity index (χ3v) is 6.80. The van der Waals surface area contributed by atoms with Crippen LogP contribution in [0.15, 0.2) is 40.2 Å². The molecule has 0 aliphatic rings. The Bertz CT molecular complexity index is 1160. The summed E-state index contributed by atoms with van der Waals surface area (Å²) in [4.78, 5) is 17.5. The fraction of sp³-hybridized carbons (Fsp3) is 0.250. The molecule has 1 amide bonds. The third kappa shape index (κ3) is 4.65. The SMILES string of the molecule is CCOCCn1c(=NC(=O)c2ccc(Cl)s2)sc2cc(S(N)(=O)=O)ccc21. The van der Waals surface area contributed by atoms with Crippen molar-refractivity contribution >= 4 is 60.4 Å². The molecule has 7 nitrogen and oxygen atoms in total. The van der Waals surface area contributed by atoms with Gasteiger partial charge in [-0.2, -0.15) is 4.99 Å². The first-order valence-electron chi connectivity index (χ1n) is 7.88. The number of thiazole rings is 1. The number of sulfonamides is 1. The minimum absolute atomic E-state index is 0.0103. The van der Waals surface area contributed by atoms with Gasteiger partial charge in [0.15, 0.2) is 4.80 Å². The van der Waals surface area contributed by atoms with Crippen molar-refractivity contribution in [3.05, 3.63) is 44.3 Å². The number of fused-ring (bicyclic) bond motifs is 1. The summed E-state index contributed by atoms with van der Waals surface area (Å²) in [6.45, 7) is 3.37. The lowest BCUT2D eigenvalue weighted by molar-refractivity contribution is 0.100. The van der Waals surface area contributed by atoms with Gasteiger partial charge < -0.3 is 9.30 Å². The van der Waals surface area contributed by atoms with Crippen molar-refractivity contribution < 1.29 is 17.9 Å². The van der Waals surface area contributed by atoms with Crippen LogP contribution in [0.3, 0.4) is 0 Å². The minimum atomic E-state index is -3.82. The molecule has 0 saturated heterocycles. The summed E-state index contributed by atoms with van der Waals surface area (Å²) in [5, 5.41) is 5.21. The number of thiophene rings is 1. The molecule has 2 N–H and O–H groups in total. The highest BCUT2D eigenvalue weighted by Gasteiger charge is 2.14. The molecule has 3 rings (SSSR count). The van der Waals surface area contributed by atoms with E-state index in [2.05, 4.69) is 4.99 Å². The zero-order valence-electron chi connectivity index (χ0n) is 14.2. The van der Waals surface area contributed by atoms with E-state index in [1.807, 2.05) is 11.5 Å². The fourth-order valence-corrected chi connectivity index (χ4v) is 5.04. The van der Waals surface area contributed by atoms with Crippen molar-refractivity contribution in [2.45, 2.75) is 18.4 Å². The van der Waals surface area contributed by atoms with Gasteiger partial charge in [-0.25, -0.2) is 13.6 Å². The number of primary sulfonamides is 1. The van der Waals surface area contributed by atoms with Crippen LogP contribution in [0.4, 0.5) is 0 Å². The Hall–Kier alpha value is -1.56. The predicted octanol–water partition coefficient (Wildman–Crippen LogP) is 2.84. The normalized spacial score (nSPS) is 12.8. The maximum atomic E-state index is 12.4. The lowest BCUT2D eigenvalue weighted by atomic mass is 10.3. The number of carbonyl (C=O) groups excluding carboxylic acids is 1. The topological polar surface area (TPSA) is 104 Å². The van der Waals surface area contributed by atoms with Crippen molar-refractivity contribution in [2.75, 3.05) is 13.2 Å². The number of halogens is 1. The number of nitrogens with zero attached hydrogens (tertiary/aromatic N) is 2. The van der Waals surface area contributed by atoms with Crippen LogP contribution in [0.2, 0.25) is 4.34 Å². The molecule has 1 aromatic carbocycles. The van der Waals surface area contributed by atoms with Gasteiger partial charge >= 0.3 is 0 Å². The zero-order valence-corrected chi connectivity index (χ0v) is 17.4. The van der Waals surface area contributed by atoms with Crippen LogP contribution in [0.5, 0.6) is 0 Å². The molecule has 0 atom stereocenters. The van der Waals surface area contributed by atoms with Crippen LogP contribution in [0.25, 0.3) is 10.2 Å². The highest BCUT2D eigenvalue weighted by molar-refractivity contribution is 7.89. The molecule has 2 heterocycles. The quantitative estimate of drug-likeness (QED) is 0.589. The van der Waals surface area contributed by atoms with Gasteiger partial charge in [-0.3, -0.25) is 4.79 Å². The molecule has 0 aliphatic heterocycles. The summed E-state index contributed by atoms with van der Waals surface area (Å²) in [6, 6.07) is 7.84. The summed E-state index contributed by atoms with van der Waals surface area (Å²) in [7, 11) is -3.82. The molecule has 0 bridgehead atoms. The van der Waals surface area contributed by atoms with Crippen molar-refractivity contribution in [1.82, 2.24) is 4.57 Å². The van der Waals surface area contributed by atoms with Crippen LogP contribution >= 0.6 is 34.3 Å². The molecular weight excluding hydrogens is 430 g/mol. The standard InChI is InChI=1S/C16H16ClN3O4S3/c1-2-24-8-7-20-11-4-3-10(27(18,22)23)9-13(11)26-16(20)19-15(21)12-5-6-14(17)25-12/h3-6,9H,2,7-8H2,1H3,(H2,18,22,23). The van der Waals surface area contributed by atoms with Gasteiger partial charge in [0.25, 0.3) is 5.91 Å². The Kier molecular flexibility index (Phi) is 6.14. The Morgan fingerprint density at radius 2 is 2.07 bits per heavy atom. The van der Waals surface area contributed by atoms with E-state index in [1.54, 1.807) is 18.2 Å². The number of benzene rings is 1. The Morgan fingerprint density at radius 1 is 1.30 bits per heavy atom. The first-order chi connectivity index (χ1) is 12.8. The van der Waals surface area contributed by atoms with E-state index in [0.717, 1.165) is 16.9 Å². The average molecular weight is 446 g/mol. The lowest BCUT2D eigenvalue weighted by Gasteiger charge is -2.05. The Balaban J connectivity index is 2.12. The summed E-state index contributed by atoms with van der Waals surface area (Å²) >= 11 is 8.25.